The second-order valence-corrected chi connectivity index (χ2v) is 13.4. The van der Waals surface area contributed by atoms with E-state index in [1.165, 1.54) is 6.42 Å². The molecule has 1 N–H and O–H groups in total. The summed E-state index contributed by atoms with van der Waals surface area (Å²) in [7, 11) is 0. The van der Waals surface area contributed by atoms with Gasteiger partial charge < -0.3 is 19.6 Å². The molecule has 0 radical (unpaired) electrons. The zero-order valence-corrected chi connectivity index (χ0v) is 22.5. The standard InChI is InChI=1S/C28H40N2O5S/c1-18(2)20(17-31)30-23-25(33)29(19-11-6-4-7-12-19)15-10-14-28(23)21(24(30)32)22-26(34)35-16-9-5-8-13-27(22,3)36-28/h8,10,13-14,18-23,31H,4-7,9,11-12,15-17H2,1-3H3/b13-8-/t20-,21-,22+,23?,27-,28-/m0/s1. The van der Waals surface area contributed by atoms with E-state index in [0.717, 1.165) is 38.5 Å². The van der Waals surface area contributed by atoms with Crippen LogP contribution in [0.4, 0.5) is 0 Å². The second-order valence-electron chi connectivity index (χ2n) is 11.6. The molecular weight excluding hydrogens is 476 g/mol. The largest absolute Gasteiger partial charge is 0.465 e. The van der Waals surface area contributed by atoms with Gasteiger partial charge in [0, 0.05) is 17.3 Å². The number of nitrogens with zero attached hydrogens (tertiary/aromatic N) is 2. The number of thioether (sulfide) groups is 1. The van der Waals surface area contributed by atoms with E-state index in [1.54, 1.807) is 16.7 Å². The molecule has 36 heavy (non-hydrogen) atoms. The third-order valence-corrected chi connectivity index (χ3v) is 10.8. The fourth-order valence-corrected chi connectivity index (χ4v) is 9.43. The normalized spacial score (nSPS) is 39.0. The highest BCUT2D eigenvalue weighted by Gasteiger charge is 2.74. The minimum Gasteiger partial charge on any atom is -0.465 e. The number of allylic oxidation sites excluding steroid dienone is 1. The van der Waals surface area contributed by atoms with E-state index >= 15 is 0 Å². The summed E-state index contributed by atoms with van der Waals surface area (Å²) in [6.45, 7) is 6.58. The molecule has 2 amide bonds. The van der Waals surface area contributed by atoms with Gasteiger partial charge in [0.05, 0.1) is 35.8 Å². The lowest BCUT2D eigenvalue weighted by Gasteiger charge is -2.42. The number of hydrogen-bond donors (Lipinski definition) is 1. The second kappa shape index (κ2) is 9.82. The summed E-state index contributed by atoms with van der Waals surface area (Å²) in [6.07, 6.45) is 15.2. The molecule has 6 atom stereocenters. The summed E-state index contributed by atoms with van der Waals surface area (Å²) >= 11 is 1.58. The number of carbonyl (C=O) groups excluding carboxylic acids is 3. The molecule has 1 aliphatic carbocycles. The van der Waals surface area contributed by atoms with Crippen LogP contribution < -0.4 is 0 Å². The van der Waals surface area contributed by atoms with Gasteiger partial charge in [-0.15, -0.1) is 11.8 Å². The summed E-state index contributed by atoms with van der Waals surface area (Å²) in [5.41, 5.74) is 0. The first-order valence-electron chi connectivity index (χ1n) is 13.7. The van der Waals surface area contributed by atoms with E-state index in [1.807, 2.05) is 25.7 Å². The van der Waals surface area contributed by atoms with Gasteiger partial charge >= 0.3 is 5.97 Å². The molecule has 4 aliphatic heterocycles. The number of likely N-dealkylation sites (tertiary alicyclic amines) is 1. The molecule has 8 heteroatoms. The van der Waals surface area contributed by atoms with Crippen LogP contribution in [0.2, 0.25) is 0 Å². The Morgan fingerprint density at radius 3 is 2.50 bits per heavy atom. The molecule has 4 heterocycles. The van der Waals surface area contributed by atoms with E-state index in [4.69, 9.17) is 4.74 Å². The molecule has 0 aromatic carbocycles. The lowest BCUT2D eigenvalue weighted by atomic mass is 9.74. The monoisotopic (exact) mass is 516 g/mol. The minimum atomic E-state index is -0.887. The Labute approximate surface area is 218 Å². The van der Waals surface area contributed by atoms with Crippen molar-refractivity contribution in [2.45, 2.75) is 93.3 Å². The number of hydrogen-bond acceptors (Lipinski definition) is 6. The van der Waals surface area contributed by atoms with E-state index < -0.39 is 33.4 Å². The summed E-state index contributed by atoms with van der Waals surface area (Å²) in [6, 6.07) is -1.09. The summed E-state index contributed by atoms with van der Waals surface area (Å²) in [5.74, 6) is -2.05. The van der Waals surface area contributed by atoms with Crippen molar-refractivity contribution in [1.29, 1.82) is 0 Å². The number of carbonyl (C=O) groups is 3. The first-order valence-corrected chi connectivity index (χ1v) is 14.5. The fraction of sp³-hybridized carbons (Fsp3) is 0.750. The van der Waals surface area contributed by atoms with Crippen molar-refractivity contribution in [3.05, 3.63) is 24.3 Å². The first kappa shape index (κ1) is 25.8. The average molecular weight is 517 g/mol. The van der Waals surface area contributed by atoms with Crippen molar-refractivity contribution in [2.75, 3.05) is 19.8 Å². The zero-order valence-electron chi connectivity index (χ0n) is 21.7. The highest BCUT2D eigenvalue weighted by Crippen LogP contribution is 2.65. The predicted molar refractivity (Wildman–Crippen MR) is 139 cm³/mol. The van der Waals surface area contributed by atoms with Crippen LogP contribution in [0, 0.1) is 17.8 Å². The van der Waals surface area contributed by atoms with E-state index in [2.05, 4.69) is 24.3 Å². The average Bonchev–Trinajstić information content (AvgIpc) is 3.19. The van der Waals surface area contributed by atoms with Crippen molar-refractivity contribution in [3.8, 4) is 0 Å². The maximum atomic E-state index is 14.5. The van der Waals surface area contributed by atoms with Crippen LogP contribution in [0.5, 0.6) is 0 Å². The molecule has 0 aromatic heterocycles. The molecular formula is C28H40N2O5S. The van der Waals surface area contributed by atoms with Gasteiger partial charge in [-0.2, -0.15) is 0 Å². The number of fused-ring (bicyclic) bond motifs is 2. The van der Waals surface area contributed by atoms with Crippen molar-refractivity contribution >= 4 is 29.5 Å². The van der Waals surface area contributed by atoms with Crippen molar-refractivity contribution in [3.63, 3.8) is 0 Å². The van der Waals surface area contributed by atoms with E-state index in [0.29, 0.717) is 13.2 Å². The smallest absolute Gasteiger partial charge is 0.311 e. The lowest BCUT2D eigenvalue weighted by molar-refractivity contribution is -0.155. The Morgan fingerprint density at radius 2 is 1.81 bits per heavy atom. The summed E-state index contributed by atoms with van der Waals surface area (Å²) in [4.78, 5) is 46.1. The Morgan fingerprint density at radius 1 is 1.06 bits per heavy atom. The molecule has 198 valence electrons. The molecule has 5 aliphatic rings. The molecule has 7 nitrogen and oxygen atoms in total. The van der Waals surface area contributed by atoms with E-state index in [-0.39, 0.29) is 36.4 Å². The van der Waals surface area contributed by atoms with Gasteiger partial charge in [0.1, 0.15) is 6.04 Å². The van der Waals surface area contributed by atoms with Gasteiger partial charge in [0.15, 0.2) is 0 Å². The number of ether oxygens (including phenoxy) is 1. The Kier molecular flexibility index (Phi) is 7.05. The number of amides is 2. The molecule has 2 saturated heterocycles. The van der Waals surface area contributed by atoms with Crippen LogP contribution in [0.15, 0.2) is 24.3 Å². The number of cyclic esters (lactones) is 1. The highest BCUT2D eigenvalue weighted by molar-refractivity contribution is 8.02. The van der Waals surface area contributed by atoms with Crippen molar-refractivity contribution < 1.29 is 24.2 Å². The maximum absolute atomic E-state index is 14.5. The Balaban J connectivity index is 1.65. The number of esters is 1. The van der Waals surface area contributed by atoms with Gasteiger partial charge in [-0.1, -0.05) is 57.4 Å². The zero-order chi connectivity index (χ0) is 25.7. The number of rotatable bonds is 4. The van der Waals surface area contributed by atoms with Gasteiger partial charge in [-0.3, -0.25) is 14.4 Å². The Hall–Kier alpha value is -1.80. The summed E-state index contributed by atoms with van der Waals surface area (Å²) in [5, 5.41) is 10.4. The predicted octanol–water partition coefficient (Wildman–Crippen LogP) is 3.32. The van der Waals surface area contributed by atoms with Crippen LogP contribution >= 0.6 is 11.8 Å². The van der Waals surface area contributed by atoms with Gasteiger partial charge in [0.2, 0.25) is 11.8 Å². The van der Waals surface area contributed by atoms with Crippen LogP contribution in [0.3, 0.4) is 0 Å². The third kappa shape index (κ3) is 3.94. The Bertz CT molecular complexity index is 960. The van der Waals surface area contributed by atoms with Crippen LogP contribution in [0.25, 0.3) is 0 Å². The van der Waals surface area contributed by atoms with E-state index in [9.17, 15) is 19.5 Å². The van der Waals surface area contributed by atoms with Crippen LogP contribution in [0.1, 0.15) is 65.7 Å². The third-order valence-electron chi connectivity index (χ3n) is 9.05. The van der Waals surface area contributed by atoms with Gasteiger partial charge in [-0.25, -0.2) is 0 Å². The highest BCUT2D eigenvalue weighted by atomic mass is 32.2. The topological polar surface area (TPSA) is 87.2 Å². The van der Waals surface area contributed by atoms with Crippen molar-refractivity contribution in [2.24, 2.45) is 17.8 Å². The molecule has 3 fully saturated rings. The van der Waals surface area contributed by atoms with Gasteiger partial charge in [0.25, 0.3) is 0 Å². The molecule has 1 spiro atoms. The molecule has 1 unspecified atom stereocenters. The quantitative estimate of drug-likeness (QED) is 0.456. The maximum Gasteiger partial charge on any atom is 0.311 e. The number of aliphatic hydroxyl groups is 1. The first-order chi connectivity index (χ1) is 17.2. The van der Waals surface area contributed by atoms with Crippen molar-refractivity contribution in [1.82, 2.24) is 9.80 Å². The molecule has 5 rings (SSSR count). The molecule has 0 bridgehead atoms. The number of aliphatic hydroxyl groups excluding tert-OH is 1. The van der Waals surface area contributed by atoms with Crippen LogP contribution in [-0.2, 0) is 19.1 Å². The molecule has 1 saturated carbocycles. The van der Waals surface area contributed by atoms with Gasteiger partial charge in [-0.05, 0) is 38.5 Å². The fourth-order valence-electron chi connectivity index (χ4n) is 7.29. The SMILES string of the molecule is CC(C)[C@H](CO)N1C(=O)[C@@H]2[C@@H]3C(=O)OCCC/C=C\[C@]3(C)S[C@@]23C=CCN(C2CCCCC2)C(=O)C13. The molecule has 0 aromatic rings. The summed E-state index contributed by atoms with van der Waals surface area (Å²) < 4.78 is 4.14. The van der Waals surface area contributed by atoms with Crippen LogP contribution in [-0.4, -0.2) is 80.1 Å². The minimum absolute atomic E-state index is 0.0400. The lowest BCUT2D eigenvalue weighted by Crippen LogP contribution is -2.59.